The van der Waals surface area contributed by atoms with Crippen molar-refractivity contribution in [1.29, 1.82) is 0 Å². The number of hydrogen-bond donors (Lipinski definition) is 3. The molecule has 3 N–H and O–H groups in total. The van der Waals surface area contributed by atoms with E-state index in [4.69, 9.17) is 0 Å². The van der Waals surface area contributed by atoms with Gasteiger partial charge in [-0.05, 0) is 58.3 Å². The molecule has 1 aliphatic rings. The minimum atomic E-state index is -0.365. The first-order valence-electron chi connectivity index (χ1n) is 9.61. The van der Waals surface area contributed by atoms with Crippen LogP contribution in [0.4, 0.5) is 15.3 Å². The summed E-state index contributed by atoms with van der Waals surface area (Å²) in [6.45, 7) is 0.400. The summed E-state index contributed by atoms with van der Waals surface area (Å²) in [6.07, 6.45) is 1.69. The van der Waals surface area contributed by atoms with Crippen molar-refractivity contribution in [3.63, 3.8) is 0 Å². The molecule has 4 rings (SSSR count). The molecule has 0 bridgehead atoms. The van der Waals surface area contributed by atoms with Crippen molar-refractivity contribution >= 4 is 40.7 Å². The Bertz CT molecular complexity index is 1160. The van der Waals surface area contributed by atoms with E-state index in [2.05, 4.69) is 16.0 Å². The van der Waals surface area contributed by atoms with Crippen LogP contribution < -0.4 is 16.0 Å². The fourth-order valence-electron chi connectivity index (χ4n) is 3.08. The number of benzene rings is 3. The molecule has 154 valence electrons. The summed E-state index contributed by atoms with van der Waals surface area (Å²) in [6, 6.07) is 24.7. The summed E-state index contributed by atoms with van der Waals surface area (Å²) in [4.78, 5) is 35.4. The largest absolute Gasteiger partial charge is 0.334 e. The third-order valence-corrected chi connectivity index (χ3v) is 5.41. The van der Waals surface area contributed by atoms with E-state index in [1.165, 1.54) is 0 Å². The number of nitrogens with one attached hydrogen (secondary N) is 3. The highest BCUT2D eigenvalue weighted by Gasteiger charge is 2.24. The molecular formula is C24H19N3O3S. The van der Waals surface area contributed by atoms with Gasteiger partial charge in [-0.25, -0.2) is 4.79 Å². The number of carbonyl (C=O) groups excluding carboxylic acids is 3. The normalized spacial score (nSPS) is 14.4. The SMILES string of the molecule is O=C(NCc1cccc(-c2ccc(/C=C3/SC(=O)NC3=O)cc2)c1)Nc1ccccc1. The number of amides is 4. The lowest BCUT2D eigenvalue weighted by Crippen LogP contribution is -2.28. The molecule has 0 spiro atoms. The lowest BCUT2D eigenvalue weighted by atomic mass is 10.0. The third kappa shape index (κ3) is 5.40. The van der Waals surface area contributed by atoms with E-state index in [1.54, 1.807) is 6.08 Å². The highest BCUT2D eigenvalue weighted by Crippen LogP contribution is 2.27. The van der Waals surface area contributed by atoms with Crippen LogP contribution in [0.25, 0.3) is 17.2 Å². The number of anilines is 1. The molecule has 0 unspecified atom stereocenters. The summed E-state index contributed by atoms with van der Waals surface area (Å²) in [5.74, 6) is -0.365. The Kier molecular flexibility index (Phi) is 6.14. The second kappa shape index (κ2) is 9.32. The fourth-order valence-corrected chi connectivity index (χ4v) is 3.77. The molecule has 0 aromatic heterocycles. The van der Waals surface area contributed by atoms with Crippen LogP contribution in [0.15, 0.2) is 83.8 Å². The predicted molar refractivity (Wildman–Crippen MR) is 123 cm³/mol. The molecule has 0 saturated carbocycles. The molecule has 6 nitrogen and oxygen atoms in total. The summed E-state index contributed by atoms with van der Waals surface area (Å²) in [5.41, 5.74) is 4.58. The van der Waals surface area contributed by atoms with E-state index < -0.39 is 0 Å². The van der Waals surface area contributed by atoms with E-state index in [1.807, 2.05) is 78.9 Å². The van der Waals surface area contributed by atoms with E-state index >= 15 is 0 Å². The Hall–Kier alpha value is -3.84. The van der Waals surface area contributed by atoms with Crippen molar-refractivity contribution < 1.29 is 14.4 Å². The topological polar surface area (TPSA) is 87.3 Å². The summed E-state index contributed by atoms with van der Waals surface area (Å²) < 4.78 is 0. The van der Waals surface area contributed by atoms with Gasteiger partial charge in [0.1, 0.15) is 0 Å². The third-order valence-electron chi connectivity index (χ3n) is 4.60. The first-order chi connectivity index (χ1) is 15.1. The van der Waals surface area contributed by atoms with Gasteiger partial charge in [-0.1, -0.05) is 60.7 Å². The zero-order valence-electron chi connectivity index (χ0n) is 16.4. The number of hydrogen-bond acceptors (Lipinski definition) is 4. The van der Waals surface area contributed by atoms with Crippen LogP contribution in [0.3, 0.4) is 0 Å². The van der Waals surface area contributed by atoms with E-state index in [-0.39, 0.29) is 17.2 Å². The molecule has 7 heteroatoms. The quantitative estimate of drug-likeness (QED) is 0.498. The second-order valence-electron chi connectivity index (χ2n) is 6.85. The molecule has 4 amide bonds. The molecule has 1 saturated heterocycles. The minimum absolute atomic E-state index is 0.263. The lowest BCUT2D eigenvalue weighted by Gasteiger charge is -2.09. The van der Waals surface area contributed by atoms with Crippen LogP contribution in [0, 0.1) is 0 Å². The van der Waals surface area contributed by atoms with Crippen LogP contribution in [-0.2, 0) is 11.3 Å². The van der Waals surface area contributed by atoms with Gasteiger partial charge in [0.25, 0.3) is 11.1 Å². The fraction of sp³-hybridized carbons (Fsp3) is 0.0417. The van der Waals surface area contributed by atoms with Crippen molar-refractivity contribution in [3.8, 4) is 11.1 Å². The standard InChI is InChI=1S/C24H19N3O3S/c28-22-21(31-24(30)27-22)14-16-9-11-18(12-10-16)19-6-4-5-17(13-19)15-25-23(29)26-20-7-2-1-3-8-20/h1-14H,15H2,(H2,25,26,29)(H,27,28,30)/b21-14+. The average Bonchev–Trinajstić information content (AvgIpc) is 3.10. The van der Waals surface area contributed by atoms with E-state index in [0.717, 1.165) is 39.7 Å². The minimum Gasteiger partial charge on any atom is -0.334 e. The number of rotatable bonds is 5. The molecule has 1 fully saturated rings. The number of thioether (sulfide) groups is 1. The van der Waals surface area contributed by atoms with Gasteiger partial charge in [0.2, 0.25) is 0 Å². The van der Waals surface area contributed by atoms with Crippen LogP contribution in [0.5, 0.6) is 0 Å². The van der Waals surface area contributed by atoms with Crippen LogP contribution >= 0.6 is 11.8 Å². The molecule has 1 heterocycles. The molecule has 0 atom stereocenters. The number of imide groups is 1. The van der Waals surface area contributed by atoms with Gasteiger partial charge < -0.3 is 10.6 Å². The van der Waals surface area contributed by atoms with Crippen LogP contribution in [0.1, 0.15) is 11.1 Å². The van der Waals surface area contributed by atoms with Gasteiger partial charge in [-0.15, -0.1) is 0 Å². The van der Waals surface area contributed by atoms with Crippen molar-refractivity contribution in [2.75, 3.05) is 5.32 Å². The van der Waals surface area contributed by atoms with Crippen LogP contribution in [0.2, 0.25) is 0 Å². The zero-order chi connectivity index (χ0) is 21.6. The van der Waals surface area contributed by atoms with Gasteiger partial charge >= 0.3 is 6.03 Å². The van der Waals surface area contributed by atoms with E-state index in [0.29, 0.717) is 11.4 Å². The van der Waals surface area contributed by atoms with Crippen molar-refractivity contribution in [1.82, 2.24) is 10.6 Å². The Balaban J connectivity index is 1.40. The number of urea groups is 1. The number of carbonyl (C=O) groups is 3. The van der Waals surface area contributed by atoms with Gasteiger partial charge in [0.15, 0.2) is 0 Å². The second-order valence-corrected chi connectivity index (χ2v) is 7.86. The first-order valence-corrected chi connectivity index (χ1v) is 10.4. The Morgan fingerprint density at radius 3 is 2.39 bits per heavy atom. The zero-order valence-corrected chi connectivity index (χ0v) is 17.2. The molecule has 0 radical (unpaired) electrons. The maximum absolute atomic E-state index is 12.1. The Labute approximate surface area is 183 Å². The van der Waals surface area contributed by atoms with Crippen LogP contribution in [-0.4, -0.2) is 17.2 Å². The van der Waals surface area contributed by atoms with Crippen molar-refractivity contribution in [3.05, 3.63) is 94.9 Å². The van der Waals surface area contributed by atoms with E-state index in [9.17, 15) is 14.4 Å². The summed E-state index contributed by atoms with van der Waals surface area (Å²) in [5, 5.41) is 7.55. The Morgan fingerprint density at radius 1 is 0.903 bits per heavy atom. The molecule has 0 aliphatic carbocycles. The van der Waals surface area contributed by atoms with Gasteiger partial charge in [0, 0.05) is 12.2 Å². The molecule has 3 aromatic carbocycles. The average molecular weight is 430 g/mol. The smallest absolute Gasteiger partial charge is 0.319 e. The summed E-state index contributed by atoms with van der Waals surface area (Å²) >= 11 is 0.901. The summed E-state index contributed by atoms with van der Waals surface area (Å²) in [7, 11) is 0. The Morgan fingerprint density at radius 2 is 1.68 bits per heavy atom. The van der Waals surface area contributed by atoms with Crippen molar-refractivity contribution in [2.24, 2.45) is 0 Å². The first kappa shape index (κ1) is 20.4. The van der Waals surface area contributed by atoms with Crippen molar-refractivity contribution in [2.45, 2.75) is 6.54 Å². The highest BCUT2D eigenvalue weighted by atomic mass is 32.2. The molecule has 1 aliphatic heterocycles. The maximum Gasteiger partial charge on any atom is 0.319 e. The molecule has 31 heavy (non-hydrogen) atoms. The monoisotopic (exact) mass is 429 g/mol. The predicted octanol–water partition coefficient (Wildman–Crippen LogP) is 5.00. The molecule has 3 aromatic rings. The highest BCUT2D eigenvalue weighted by molar-refractivity contribution is 8.18. The van der Waals surface area contributed by atoms with Gasteiger partial charge in [-0.2, -0.15) is 0 Å². The molecular weight excluding hydrogens is 410 g/mol. The van der Waals surface area contributed by atoms with Gasteiger partial charge in [0.05, 0.1) is 4.91 Å². The number of para-hydroxylation sites is 1. The van der Waals surface area contributed by atoms with Gasteiger partial charge in [-0.3, -0.25) is 14.9 Å². The maximum atomic E-state index is 12.1. The lowest BCUT2D eigenvalue weighted by molar-refractivity contribution is -0.115.